The molecule has 0 aromatic heterocycles. The van der Waals surface area contributed by atoms with Gasteiger partial charge in [-0.15, -0.1) is 0 Å². The molecule has 1 atom stereocenters. The number of benzene rings is 1. The van der Waals surface area contributed by atoms with E-state index in [1.165, 1.54) is 30.4 Å². The second kappa shape index (κ2) is 4.17. The van der Waals surface area contributed by atoms with Crippen molar-refractivity contribution in [3.8, 4) is 0 Å². The van der Waals surface area contributed by atoms with Crippen LogP contribution in [-0.2, 0) is 12.8 Å². The van der Waals surface area contributed by atoms with E-state index in [1.807, 2.05) is 6.34 Å². The predicted octanol–water partition coefficient (Wildman–Crippen LogP) is 2.41. The molecule has 0 radical (unpaired) electrons. The van der Waals surface area contributed by atoms with Gasteiger partial charge in [0.05, 0.1) is 12.9 Å². The van der Waals surface area contributed by atoms with Crippen LogP contribution in [0.3, 0.4) is 0 Å². The van der Waals surface area contributed by atoms with Crippen molar-refractivity contribution in [2.24, 2.45) is 10.9 Å². The molecule has 2 heteroatoms. The SMILES string of the molecule is Cc1cc2c(cc1C)CC(C[C@@H]1CN=CN1)C2. The number of nitrogens with zero attached hydrogens (tertiary/aromatic N) is 1. The zero-order valence-electron chi connectivity index (χ0n) is 10.7. The van der Waals surface area contributed by atoms with Crippen LogP contribution in [-0.4, -0.2) is 18.9 Å². The molecule has 90 valence electrons. The van der Waals surface area contributed by atoms with Gasteiger partial charge in [-0.25, -0.2) is 0 Å². The minimum absolute atomic E-state index is 0.580. The van der Waals surface area contributed by atoms with Crippen LogP contribution in [0, 0.1) is 19.8 Å². The number of aryl methyl sites for hydroxylation is 2. The maximum absolute atomic E-state index is 4.25. The summed E-state index contributed by atoms with van der Waals surface area (Å²) in [4.78, 5) is 4.25. The van der Waals surface area contributed by atoms with Gasteiger partial charge in [0, 0.05) is 6.04 Å². The molecule has 1 aliphatic heterocycles. The number of hydrogen-bond donors (Lipinski definition) is 1. The summed E-state index contributed by atoms with van der Waals surface area (Å²) >= 11 is 0. The smallest absolute Gasteiger partial charge is 0.0827 e. The minimum Gasteiger partial charge on any atom is -0.372 e. The molecule has 1 aromatic rings. The van der Waals surface area contributed by atoms with Crippen LogP contribution in [0.5, 0.6) is 0 Å². The maximum Gasteiger partial charge on any atom is 0.0827 e. The summed E-state index contributed by atoms with van der Waals surface area (Å²) < 4.78 is 0. The van der Waals surface area contributed by atoms with Crippen molar-refractivity contribution in [1.29, 1.82) is 0 Å². The van der Waals surface area contributed by atoms with Gasteiger partial charge in [-0.3, -0.25) is 4.99 Å². The molecule has 0 bridgehead atoms. The van der Waals surface area contributed by atoms with E-state index in [1.54, 1.807) is 11.1 Å². The van der Waals surface area contributed by atoms with E-state index >= 15 is 0 Å². The number of rotatable bonds is 2. The molecule has 0 unspecified atom stereocenters. The summed E-state index contributed by atoms with van der Waals surface area (Å²) in [6.45, 7) is 5.40. The van der Waals surface area contributed by atoms with E-state index in [0.717, 1.165) is 12.5 Å². The van der Waals surface area contributed by atoms with Crippen LogP contribution >= 0.6 is 0 Å². The highest BCUT2D eigenvalue weighted by Crippen LogP contribution is 2.31. The first-order chi connectivity index (χ1) is 8.22. The van der Waals surface area contributed by atoms with Crippen molar-refractivity contribution in [3.63, 3.8) is 0 Å². The third kappa shape index (κ3) is 2.08. The normalized spacial score (nSPS) is 22.8. The maximum atomic E-state index is 4.25. The molecule has 0 saturated carbocycles. The standard InChI is InChI=1S/C15H20N2/c1-10-3-13-5-12(6-14(13)4-11(10)2)7-15-8-16-9-17-15/h3-4,9,12,15H,5-8H2,1-2H3,(H,16,17)/t15-/m1/s1. The molecule has 0 amide bonds. The number of hydrogen-bond acceptors (Lipinski definition) is 2. The van der Waals surface area contributed by atoms with Gasteiger partial charge < -0.3 is 5.32 Å². The van der Waals surface area contributed by atoms with Gasteiger partial charge in [0.2, 0.25) is 0 Å². The Kier molecular flexibility index (Phi) is 2.65. The van der Waals surface area contributed by atoms with Crippen molar-refractivity contribution < 1.29 is 0 Å². The van der Waals surface area contributed by atoms with Crippen LogP contribution in [0.4, 0.5) is 0 Å². The van der Waals surface area contributed by atoms with E-state index in [4.69, 9.17) is 0 Å². The van der Waals surface area contributed by atoms with Gasteiger partial charge in [0.1, 0.15) is 0 Å². The fourth-order valence-corrected chi connectivity index (χ4v) is 3.11. The van der Waals surface area contributed by atoms with Crippen LogP contribution in [0.25, 0.3) is 0 Å². The summed E-state index contributed by atoms with van der Waals surface area (Å²) in [7, 11) is 0. The first kappa shape index (κ1) is 10.8. The molecular weight excluding hydrogens is 208 g/mol. The van der Waals surface area contributed by atoms with Gasteiger partial charge in [-0.05, 0) is 61.3 Å². The molecule has 0 fully saturated rings. The Hall–Kier alpha value is -1.31. The van der Waals surface area contributed by atoms with Gasteiger partial charge >= 0.3 is 0 Å². The molecule has 3 rings (SSSR count). The molecule has 1 heterocycles. The summed E-state index contributed by atoms with van der Waals surface area (Å²) in [5.74, 6) is 0.811. The molecule has 0 spiro atoms. The molecule has 1 N–H and O–H groups in total. The highest BCUT2D eigenvalue weighted by molar-refractivity contribution is 5.57. The van der Waals surface area contributed by atoms with E-state index in [9.17, 15) is 0 Å². The van der Waals surface area contributed by atoms with Crippen molar-refractivity contribution >= 4 is 6.34 Å². The minimum atomic E-state index is 0.580. The number of nitrogens with one attached hydrogen (secondary N) is 1. The largest absolute Gasteiger partial charge is 0.372 e. The quantitative estimate of drug-likeness (QED) is 0.826. The molecule has 1 aromatic carbocycles. The Bertz CT molecular complexity index is 423. The lowest BCUT2D eigenvalue weighted by Gasteiger charge is -2.14. The second-order valence-corrected chi connectivity index (χ2v) is 5.57. The third-order valence-electron chi connectivity index (χ3n) is 4.18. The number of aliphatic imine (C=N–C) groups is 1. The Labute approximate surface area is 103 Å². The second-order valence-electron chi connectivity index (χ2n) is 5.57. The molecule has 17 heavy (non-hydrogen) atoms. The average Bonchev–Trinajstić information content (AvgIpc) is 2.89. The van der Waals surface area contributed by atoms with E-state index in [2.05, 4.69) is 36.3 Å². The first-order valence-electron chi connectivity index (χ1n) is 6.55. The highest BCUT2D eigenvalue weighted by Gasteiger charge is 2.25. The fourth-order valence-electron chi connectivity index (χ4n) is 3.11. The highest BCUT2D eigenvalue weighted by atomic mass is 15.1. The summed E-state index contributed by atoms with van der Waals surface area (Å²) in [6, 6.07) is 5.36. The van der Waals surface area contributed by atoms with Crippen molar-refractivity contribution in [2.45, 2.75) is 39.2 Å². The molecule has 1 aliphatic carbocycles. The van der Waals surface area contributed by atoms with Crippen LogP contribution < -0.4 is 5.32 Å². The van der Waals surface area contributed by atoms with E-state index < -0.39 is 0 Å². The molecule has 2 nitrogen and oxygen atoms in total. The third-order valence-corrected chi connectivity index (χ3v) is 4.18. The van der Waals surface area contributed by atoms with Crippen molar-refractivity contribution in [2.75, 3.05) is 6.54 Å². The molecule has 2 aliphatic rings. The molecular formula is C15H20N2. The van der Waals surface area contributed by atoms with Crippen LogP contribution in [0.2, 0.25) is 0 Å². The summed E-state index contributed by atoms with van der Waals surface area (Å²) in [5.41, 5.74) is 6.03. The lowest BCUT2D eigenvalue weighted by molar-refractivity contribution is 0.445. The van der Waals surface area contributed by atoms with Crippen molar-refractivity contribution in [3.05, 3.63) is 34.4 Å². The summed E-state index contributed by atoms with van der Waals surface area (Å²) in [6.07, 6.45) is 5.64. The van der Waals surface area contributed by atoms with Gasteiger partial charge in [0.15, 0.2) is 0 Å². The van der Waals surface area contributed by atoms with Gasteiger partial charge in [-0.1, -0.05) is 12.1 Å². The Morgan fingerprint density at radius 2 is 1.82 bits per heavy atom. The molecule has 0 saturated heterocycles. The lowest BCUT2D eigenvalue weighted by Crippen LogP contribution is -2.27. The Balaban J connectivity index is 1.70. The monoisotopic (exact) mass is 228 g/mol. The topological polar surface area (TPSA) is 24.4 Å². The van der Waals surface area contributed by atoms with Crippen LogP contribution in [0.15, 0.2) is 17.1 Å². The van der Waals surface area contributed by atoms with Crippen LogP contribution in [0.1, 0.15) is 28.7 Å². The average molecular weight is 228 g/mol. The zero-order chi connectivity index (χ0) is 11.8. The Morgan fingerprint density at radius 3 is 2.35 bits per heavy atom. The van der Waals surface area contributed by atoms with Crippen molar-refractivity contribution in [1.82, 2.24) is 5.32 Å². The summed E-state index contributed by atoms with van der Waals surface area (Å²) in [5, 5.41) is 3.34. The number of fused-ring (bicyclic) bond motifs is 1. The zero-order valence-corrected chi connectivity index (χ0v) is 10.7. The van der Waals surface area contributed by atoms with E-state index in [0.29, 0.717) is 6.04 Å². The van der Waals surface area contributed by atoms with E-state index in [-0.39, 0.29) is 0 Å². The van der Waals surface area contributed by atoms with Gasteiger partial charge in [0.25, 0.3) is 0 Å². The lowest BCUT2D eigenvalue weighted by atomic mass is 9.97. The first-order valence-corrected chi connectivity index (χ1v) is 6.55. The van der Waals surface area contributed by atoms with Gasteiger partial charge in [-0.2, -0.15) is 0 Å². The Morgan fingerprint density at radius 1 is 1.18 bits per heavy atom. The fraction of sp³-hybridized carbons (Fsp3) is 0.533. The predicted molar refractivity (Wildman–Crippen MR) is 71.7 cm³/mol.